The van der Waals surface area contributed by atoms with Crippen LogP contribution in [0.1, 0.15) is 47.0 Å². The second-order valence-electron chi connectivity index (χ2n) is 6.28. The van der Waals surface area contributed by atoms with E-state index < -0.39 is 15.3 Å². The van der Waals surface area contributed by atoms with Crippen LogP contribution in [0.2, 0.25) is 0 Å². The Morgan fingerprint density at radius 2 is 1.92 bits per heavy atom. The highest BCUT2D eigenvalue weighted by atomic mass is 32.2. The Balaban J connectivity index is 2.36. The number of likely N-dealkylation sites (tertiary alicyclic amines) is 1. The Morgan fingerprint density at radius 1 is 1.29 bits per heavy atom. The topological polar surface area (TPSA) is 78.5 Å². The predicted octanol–water partition coefficient (Wildman–Crippen LogP) is 2.40. The van der Waals surface area contributed by atoms with E-state index in [2.05, 4.69) is 23.0 Å². The largest absolute Gasteiger partial charge is 0.335 e. The lowest BCUT2D eigenvalue weighted by Crippen LogP contribution is -2.50. The molecule has 1 aliphatic rings. The molecule has 0 aliphatic carbocycles. The lowest BCUT2D eigenvalue weighted by molar-refractivity contribution is 0.181. The molecular weight excluding hydrogens is 326 g/mol. The number of carbonyl (C=O) groups is 1. The zero-order valence-electron chi connectivity index (χ0n) is 15.2. The van der Waals surface area contributed by atoms with Crippen molar-refractivity contribution in [2.24, 2.45) is 0 Å². The second-order valence-corrected chi connectivity index (χ2v) is 8.55. The third-order valence-corrected chi connectivity index (χ3v) is 6.12. The van der Waals surface area contributed by atoms with E-state index in [4.69, 9.17) is 0 Å². The standard InChI is InChI=1S/C17H31N3O3S/c1-5-15(6-2)8-7-11-18-17(21)20-12-9-16(10-13-20)19-24(22,23)14(3)4/h5,7-8,14,16,19H,6,9-13H2,1-4H3,(H,18,21)/b8-7-,15-5-. The predicted molar refractivity (Wildman–Crippen MR) is 98.4 cm³/mol. The van der Waals surface area contributed by atoms with E-state index in [0.29, 0.717) is 32.5 Å². The average molecular weight is 358 g/mol. The molecule has 0 bridgehead atoms. The summed E-state index contributed by atoms with van der Waals surface area (Å²) < 4.78 is 26.5. The summed E-state index contributed by atoms with van der Waals surface area (Å²) in [7, 11) is -3.25. The fraction of sp³-hybridized carbons (Fsp3) is 0.706. The molecule has 24 heavy (non-hydrogen) atoms. The number of carbonyl (C=O) groups excluding carboxylic acids is 1. The van der Waals surface area contributed by atoms with E-state index in [1.807, 2.05) is 19.1 Å². The van der Waals surface area contributed by atoms with Gasteiger partial charge in [0.05, 0.1) is 5.25 Å². The minimum atomic E-state index is -3.25. The van der Waals surface area contributed by atoms with E-state index in [-0.39, 0.29) is 12.1 Å². The number of amides is 2. The summed E-state index contributed by atoms with van der Waals surface area (Å²) in [6.45, 7) is 9.05. The van der Waals surface area contributed by atoms with E-state index in [9.17, 15) is 13.2 Å². The van der Waals surface area contributed by atoms with Gasteiger partial charge in [-0.1, -0.05) is 30.7 Å². The van der Waals surface area contributed by atoms with Crippen molar-refractivity contribution in [2.75, 3.05) is 19.6 Å². The molecule has 0 aromatic heterocycles. The molecule has 0 aromatic carbocycles. The van der Waals surface area contributed by atoms with E-state index in [0.717, 1.165) is 6.42 Å². The van der Waals surface area contributed by atoms with Gasteiger partial charge >= 0.3 is 6.03 Å². The summed E-state index contributed by atoms with van der Waals surface area (Å²) in [4.78, 5) is 13.9. The second kappa shape index (κ2) is 9.84. The summed E-state index contributed by atoms with van der Waals surface area (Å²) in [5, 5.41) is 2.44. The lowest BCUT2D eigenvalue weighted by Gasteiger charge is -2.32. The highest BCUT2D eigenvalue weighted by Crippen LogP contribution is 2.12. The molecule has 1 aliphatic heterocycles. The number of hydrogen-bond acceptors (Lipinski definition) is 3. The third-order valence-electron chi connectivity index (χ3n) is 4.22. The molecule has 138 valence electrons. The van der Waals surface area contributed by atoms with Crippen LogP contribution in [0.3, 0.4) is 0 Å². The van der Waals surface area contributed by atoms with Crippen molar-refractivity contribution in [3.05, 3.63) is 23.8 Å². The molecule has 0 unspecified atom stereocenters. The normalized spacial score (nSPS) is 17.7. The maximum Gasteiger partial charge on any atom is 0.317 e. The number of nitrogens with zero attached hydrogens (tertiary/aromatic N) is 1. The Kier molecular flexibility index (Phi) is 8.48. The van der Waals surface area contributed by atoms with Crippen LogP contribution >= 0.6 is 0 Å². The van der Waals surface area contributed by atoms with Crippen molar-refractivity contribution in [1.29, 1.82) is 0 Å². The Morgan fingerprint density at radius 3 is 2.42 bits per heavy atom. The maximum atomic E-state index is 12.1. The molecule has 0 aromatic rings. The quantitative estimate of drug-likeness (QED) is 0.687. The first kappa shape index (κ1) is 20.7. The van der Waals surface area contributed by atoms with Crippen LogP contribution in [0.15, 0.2) is 23.8 Å². The van der Waals surface area contributed by atoms with Crippen LogP contribution in [0.4, 0.5) is 4.79 Å². The van der Waals surface area contributed by atoms with Gasteiger partial charge in [0.15, 0.2) is 0 Å². The van der Waals surface area contributed by atoms with Crippen LogP contribution in [0.5, 0.6) is 0 Å². The molecule has 0 atom stereocenters. The van der Waals surface area contributed by atoms with Crippen molar-refractivity contribution < 1.29 is 13.2 Å². The fourth-order valence-electron chi connectivity index (χ4n) is 2.46. The van der Waals surface area contributed by atoms with Crippen molar-refractivity contribution in [2.45, 2.75) is 58.2 Å². The van der Waals surface area contributed by atoms with Gasteiger partial charge in [0.2, 0.25) is 10.0 Å². The van der Waals surface area contributed by atoms with E-state index in [1.165, 1.54) is 5.57 Å². The molecule has 0 saturated carbocycles. The molecule has 0 radical (unpaired) electrons. The molecule has 1 heterocycles. The zero-order valence-corrected chi connectivity index (χ0v) is 16.0. The van der Waals surface area contributed by atoms with Crippen LogP contribution in [0.25, 0.3) is 0 Å². The molecule has 7 heteroatoms. The van der Waals surface area contributed by atoms with Gasteiger partial charge in [0.25, 0.3) is 0 Å². The minimum Gasteiger partial charge on any atom is -0.335 e. The highest BCUT2D eigenvalue weighted by molar-refractivity contribution is 7.90. The molecule has 2 amide bonds. The number of allylic oxidation sites excluding steroid dienone is 3. The molecule has 0 spiro atoms. The monoisotopic (exact) mass is 357 g/mol. The smallest absolute Gasteiger partial charge is 0.317 e. The summed E-state index contributed by atoms with van der Waals surface area (Å²) in [6.07, 6.45) is 8.29. The van der Waals surface area contributed by atoms with Crippen molar-refractivity contribution in [3.8, 4) is 0 Å². The number of nitrogens with one attached hydrogen (secondary N) is 2. The van der Waals surface area contributed by atoms with Crippen LogP contribution in [-0.2, 0) is 10.0 Å². The van der Waals surface area contributed by atoms with Crippen molar-refractivity contribution in [3.63, 3.8) is 0 Å². The summed E-state index contributed by atoms with van der Waals surface area (Å²) >= 11 is 0. The first-order valence-corrected chi connectivity index (χ1v) is 10.2. The fourth-order valence-corrected chi connectivity index (χ4v) is 3.43. The van der Waals surface area contributed by atoms with Crippen molar-refractivity contribution >= 4 is 16.1 Å². The van der Waals surface area contributed by atoms with Gasteiger partial charge in [-0.2, -0.15) is 0 Å². The average Bonchev–Trinajstić information content (AvgIpc) is 2.55. The Bertz CT molecular complexity index is 560. The molecule has 2 N–H and O–H groups in total. The number of urea groups is 1. The summed E-state index contributed by atoms with van der Waals surface area (Å²) in [5.74, 6) is 0. The van der Waals surface area contributed by atoms with Gasteiger partial charge in [0, 0.05) is 25.7 Å². The molecule has 1 fully saturated rings. The highest BCUT2D eigenvalue weighted by Gasteiger charge is 2.26. The third kappa shape index (κ3) is 6.65. The number of sulfonamides is 1. The van der Waals surface area contributed by atoms with Gasteiger partial charge in [-0.15, -0.1) is 0 Å². The zero-order chi connectivity index (χ0) is 18.2. The number of piperidine rings is 1. The van der Waals surface area contributed by atoms with E-state index >= 15 is 0 Å². The van der Waals surface area contributed by atoms with Crippen LogP contribution in [0, 0.1) is 0 Å². The molecule has 6 nitrogen and oxygen atoms in total. The minimum absolute atomic E-state index is 0.0804. The first-order valence-electron chi connectivity index (χ1n) is 8.65. The Labute approximate surface area is 146 Å². The van der Waals surface area contributed by atoms with Crippen molar-refractivity contribution in [1.82, 2.24) is 14.9 Å². The van der Waals surface area contributed by atoms with Crippen LogP contribution < -0.4 is 10.0 Å². The molecular formula is C17H31N3O3S. The lowest BCUT2D eigenvalue weighted by atomic mass is 10.1. The van der Waals surface area contributed by atoms with Gasteiger partial charge in [-0.25, -0.2) is 17.9 Å². The summed E-state index contributed by atoms with van der Waals surface area (Å²) in [5.41, 5.74) is 1.24. The first-order chi connectivity index (χ1) is 11.3. The van der Waals surface area contributed by atoms with E-state index in [1.54, 1.807) is 18.7 Å². The Hall–Kier alpha value is -1.34. The van der Waals surface area contributed by atoms with Crippen LogP contribution in [-0.4, -0.2) is 50.3 Å². The van der Waals surface area contributed by atoms with Gasteiger partial charge < -0.3 is 10.2 Å². The summed E-state index contributed by atoms with van der Waals surface area (Å²) in [6, 6.07) is -0.175. The molecule has 1 saturated heterocycles. The number of rotatable bonds is 7. The SMILES string of the molecule is C/C=C(\C=C/CNC(=O)N1CCC(NS(=O)(=O)C(C)C)CC1)CC. The molecule has 1 rings (SSSR count). The maximum absolute atomic E-state index is 12.1. The van der Waals surface area contributed by atoms with Gasteiger partial charge in [-0.3, -0.25) is 0 Å². The van der Waals surface area contributed by atoms with Gasteiger partial charge in [0.1, 0.15) is 0 Å². The number of hydrogen-bond donors (Lipinski definition) is 2. The van der Waals surface area contributed by atoms with Gasteiger partial charge in [-0.05, 0) is 40.0 Å².